The predicted octanol–water partition coefficient (Wildman–Crippen LogP) is -0.477. The molecule has 0 fully saturated rings. The van der Waals surface area contributed by atoms with Crippen LogP contribution in [0.2, 0.25) is 0 Å². The lowest BCUT2D eigenvalue weighted by molar-refractivity contribution is -0.126. The van der Waals surface area contributed by atoms with E-state index in [9.17, 15) is 9.59 Å². The molecule has 0 saturated carbocycles. The minimum Gasteiger partial charge on any atom is -0.493 e. The molecular formula is C13H19N3O4. The van der Waals surface area contributed by atoms with Gasteiger partial charge in [0.25, 0.3) is 0 Å². The van der Waals surface area contributed by atoms with Gasteiger partial charge >= 0.3 is 0 Å². The molecule has 20 heavy (non-hydrogen) atoms. The topological polar surface area (TPSA) is 117 Å². The fourth-order valence-electron chi connectivity index (χ4n) is 1.72. The average Bonchev–Trinajstić information content (AvgIpc) is 2.43. The number of nitrogens with two attached hydrogens (primary N) is 2. The van der Waals surface area contributed by atoms with Crippen LogP contribution in [0.4, 0.5) is 0 Å². The number of carbonyl (C=O) groups is 2. The van der Waals surface area contributed by atoms with Gasteiger partial charge in [-0.3, -0.25) is 9.59 Å². The summed E-state index contributed by atoms with van der Waals surface area (Å²) in [5.74, 6) is 0.0414. The Labute approximate surface area is 117 Å². The molecule has 7 heteroatoms. The number of methoxy groups -OCH3 is 2. The van der Waals surface area contributed by atoms with Crippen LogP contribution in [0.15, 0.2) is 18.2 Å². The summed E-state index contributed by atoms with van der Waals surface area (Å²) < 4.78 is 10.4. The first-order chi connectivity index (χ1) is 9.49. The van der Waals surface area contributed by atoms with Crippen LogP contribution in [0.3, 0.4) is 0 Å². The third-order valence-corrected chi connectivity index (χ3v) is 2.70. The van der Waals surface area contributed by atoms with Crippen LogP contribution in [-0.2, 0) is 16.1 Å². The number of benzene rings is 1. The first-order valence-corrected chi connectivity index (χ1v) is 6.01. The highest BCUT2D eigenvalue weighted by atomic mass is 16.5. The predicted molar refractivity (Wildman–Crippen MR) is 73.2 cm³/mol. The van der Waals surface area contributed by atoms with Crippen molar-refractivity contribution in [1.29, 1.82) is 0 Å². The van der Waals surface area contributed by atoms with E-state index in [2.05, 4.69) is 5.32 Å². The number of primary amides is 1. The van der Waals surface area contributed by atoms with Crippen molar-refractivity contribution in [1.82, 2.24) is 5.32 Å². The highest BCUT2D eigenvalue weighted by Gasteiger charge is 2.17. The van der Waals surface area contributed by atoms with Gasteiger partial charge in [0.2, 0.25) is 11.8 Å². The van der Waals surface area contributed by atoms with E-state index in [1.807, 2.05) is 0 Å². The summed E-state index contributed by atoms with van der Waals surface area (Å²) in [6.07, 6.45) is -0.193. The zero-order valence-corrected chi connectivity index (χ0v) is 11.5. The minimum absolute atomic E-state index is 0.193. The average molecular weight is 281 g/mol. The standard InChI is InChI=1S/C13H19N3O4/c1-19-10-5-3-4-8(12(10)20-2)7-16-13(18)9(14)6-11(15)17/h3-5,9H,6-7,14H2,1-2H3,(H2,15,17)(H,16,18)/t9-/m0/s1. The maximum atomic E-state index is 11.7. The molecule has 5 N–H and O–H groups in total. The zero-order valence-electron chi connectivity index (χ0n) is 11.5. The van der Waals surface area contributed by atoms with Crippen molar-refractivity contribution >= 4 is 11.8 Å². The molecule has 1 atom stereocenters. The van der Waals surface area contributed by atoms with Gasteiger partial charge < -0.3 is 26.3 Å². The number of amides is 2. The highest BCUT2D eigenvalue weighted by Crippen LogP contribution is 2.30. The molecule has 0 spiro atoms. The Morgan fingerprint density at radius 1 is 1.30 bits per heavy atom. The summed E-state index contributed by atoms with van der Waals surface area (Å²) >= 11 is 0. The Balaban J connectivity index is 2.70. The summed E-state index contributed by atoms with van der Waals surface area (Å²) in [5, 5.41) is 2.62. The van der Waals surface area contributed by atoms with Gasteiger partial charge in [0.1, 0.15) is 0 Å². The molecule has 0 aliphatic carbocycles. The minimum atomic E-state index is -0.955. The van der Waals surface area contributed by atoms with Crippen LogP contribution in [0.5, 0.6) is 11.5 Å². The number of ether oxygens (including phenoxy) is 2. The van der Waals surface area contributed by atoms with Gasteiger partial charge in [-0.15, -0.1) is 0 Å². The number of nitrogens with one attached hydrogen (secondary N) is 1. The Bertz CT molecular complexity index is 491. The Hall–Kier alpha value is -2.28. The Morgan fingerprint density at radius 3 is 2.55 bits per heavy atom. The van der Waals surface area contributed by atoms with E-state index in [0.29, 0.717) is 11.5 Å². The van der Waals surface area contributed by atoms with Crippen molar-refractivity contribution in [2.24, 2.45) is 11.5 Å². The molecule has 0 radical (unpaired) electrons. The Morgan fingerprint density at radius 2 is 2.00 bits per heavy atom. The molecule has 2 amide bonds. The van der Waals surface area contributed by atoms with E-state index in [1.54, 1.807) is 18.2 Å². The third-order valence-electron chi connectivity index (χ3n) is 2.70. The summed E-state index contributed by atoms with van der Waals surface area (Å²) in [6, 6.07) is 4.38. The Kier molecular flexibility index (Phi) is 5.79. The van der Waals surface area contributed by atoms with E-state index in [0.717, 1.165) is 5.56 Å². The van der Waals surface area contributed by atoms with E-state index >= 15 is 0 Å². The zero-order chi connectivity index (χ0) is 15.1. The fraction of sp³-hybridized carbons (Fsp3) is 0.385. The molecule has 0 aliphatic rings. The van der Waals surface area contributed by atoms with Crippen molar-refractivity contribution in [2.75, 3.05) is 14.2 Å². The fourth-order valence-corrected chi connectivity index (χ4v) is 1.72. The maximum Gasteiger partial charge on any atom is 0.237 e. The largest absolute Gasteiger partial charge is 0.493 e. The first kappa shape index (κ1) is 15.8. The molecule has 110 valence electrons. The van der Waals surface area contributed by atoms with Crippen LogP contribution in [0.25, 0.3) is 0 Å². The van der Waals surface area contributed by atoms with Crippen molar-refractivity contribution in [2.45, 2.75) is 19.0 Å². The van der Waals surface area contributed by atoms with Crippen LogP contribution < -0.4 is 26.3 Å². The lowest BCUT2D eigenvalue weighted by Crippen LogP contribution is -2.42. The molecule has 0 aromatic heterocycles. The smallest absolute Gasteiger partial charge is 0.237 e. The van der Waals surface area contributed by atoms with Gasteiger partial charge in [-0.2, -0.15) is 0 Å². The second-order valence-corrected chi connectivity index (χ2v) is 4.15. The molecule has 1 aromatic rings. The molecule has 7 nitrogen and oxygen atoms in total. The van der Waals surface area contributed by atoms with E-state index in [1.165, 1.54) is 14.2 Å². The number of carbonyl (C=O) groups excluding carboxylic acids is 2. The second-order valence-electron chi connectivity index (χ2n) is 4.15. The van der Waals surface area contributed by atoms with Gasteiger partial charge in [-0.25, -0.2) is 0 Å². The van der Waals surface area contributed by atoms with Crippen LogP contribution in [-0.4, -0.2) is 32.1 Å². The molecule has 1 rings (SSSR count). The number of rotatable bonds is 7. The molecule has 0 unspecified atom stereocenters. The number of hydrogen-bond acceptors (Lipinski definition) is 5. The lowest BCUT2D eigenvalue weighted by Gasteiger charge is -2.14. The van der Waals surface area contributed by atoms with Gasteiger partial charge in [-0.05, 0) is 6.07 Å². The van der Waals surface area contributed by atoms with Gasteiger partial charge in [0, 0.05) is 12.1 Å². The normalized spacial score (nSPS) is 11.6. The summed E-state index contributed by atoms with van der Waals surface area (Å²) in [6.45, 7) is 0.214. The lowest BCUT2D eigenvalue weighted by atomic mass is 10.1. The maximum absolute atomic E-state index is 11.7. The summed E-state index contributed by atoms with van der Waals surface area (Å²) in [5.41, 5.74) is 11.3. The molecule has 1 aromatic carbocycles. The van der Waals surface area contributed by atoms with E-state index in [-0.39, 0.29) is 13.0 Å². The molecule has 0 saturated heterocycles. The quantitative estimate of drug-likeness (QED) is 0.624. The molecule has 0 bridgehead atoms. The van der Waals surface area contributed by atoms with Crippen LogP contribution in [0.1, 0.15) is 12.0 Å². The van der Waals surface area contributed by atoms with Crippen molar-refractivity contribution < 1.29 is 19.1 Å². The van der Waals surface area contributed by atoms with Gasteiger partial charge in [0.15, 0.2) is 11.5 Å². The molecule has 0 aliphatic heterocycles. The summed E-state index contributed by atoms with van der Waals surface area (Å²) in [4.78, 5) is 22.4. The number of hydrogen-bond donors (Lipinski definition) is 3. The van der Waals surface area contributed by atoms with Crippen LogP contribution in [0, 0.1) is 0 Å². The van der Waals surface area contributed by atoms with Crippen molar-refractivity contribution in [3.8, 4) is 11.5 Å². The van der Waals surface area contributed by atoms with Crippen molar-refractivity contribution in [3.05, 3.63) is 23.8 Å². The number of para-hydroxylation sites is 1. The van der Waals surface area contributed by atoms with Gasteiger partial charge in [-0.1, -0.05) is 12.1 Å². The van der Waals surface area contributed by atoms with E-state index in [4.69, 9.17) is 20.9 Å². The second kappa shape index (κ2) is 7.34. The molecule has 0 heterocycles. The third kappa shape index (κ3) is 4.13. The van der Waals surface area contributed by atoms with E-state index < -0.39 is 17.9 Å². The van der Waals surface area contributed by atoms with Crippen LogP contribution >= 0.6 is 0 Å². The monoisotopic (exact) mass is 281 g/mol. The SMILES string of the molecule is COc1cccc(CNC(=O)[C@@H](N)CC(N)=O)c1OC. The van der Waals surface area contributed by atoms with Crippen molar-refractivity contribution in [3.63, 3.8) is 0 Å². The first-order valence-electron chi connectivity index (χ1n) is 6.01. The van der Waals surface area contributed by atoms with Gasteiger partial charge in [0.05, 0.1) is 26.7 Å². The summed E-state index contributed by atoms with van der Waals surface area (Å²) in [7, 11) is 3.05. The highest BCUT2D eigenvalue weighted by molar-refractivity contribution is 5.87. The molecular weight excluding hydrogens is 262 g/mol.